The number of H-pyrrole nitrogens is 1. The third-order valence-corrected chi connectivity index (χ3v) is 4.81. The fourth-order valence-corrected chi connectivity index (χ4v) is 3.34. The minimum absolute atomic E-state index is 0.0182. The van der Waals surface area contributed by atoms with Crippen LogP contribution < -0.4 is 10.9 Å². The van der Waals surface area contributed by atoms with Crippen LogP contribution in [0, 0.1) is 0 Å². The van der Waals surface area contributed by atoms with E-state index in [9.17, 15) is 9.90 Å². The largest absolute Gasteiger partial charge is 0.396 e. The molecule has 3 heterocycles. The lowest BCUT2D eigenvalue weighted by Gasteiger charge is -2.17. The minimum atomic E-state index is -0.162. The van der Waals surface area contributed by atoms with Crippen LogP contribution in [-0.2, 0) is 6.42 Å². The second kappa shape index (κ2) is 8.04. The lowest BCUT2D eigenvalue weighted by molar-refractivity contribution is 0.280. The highest BCUT2D eigenvalue weighted by Crippen LogP contribution is 2.26. The predicted octanol–water partition coefficient (Wildman–Crippen LogP) is 2.99. The molecule has 0 saturated carbocycles. The maximum absolute atomic E-state index is 11.7. The lowest BCUT2D eigenvalue weighted by atomic mass is 10.1. The van der Waals surface area contributed by atoms with Gasteiger partial charge in [-0.2, -0.15) is 0 Å². The second-order valence-corrected chi connectivity index (χ2v) is 6.57. The van der Waals surface area contributed by atoms with Gasteiger partial charge in [0.15, 0.2) is 0 Å². The number of hydrogen-bond donors (Lipinski definition) is 3. The molecule has 3 rings (SSSR count). The molecular formula is C18H20N4O2S. The van der Waals surface area contributed by atoms with Gasteiger partial charge < -0.3 is 15.4 Å². The molecule has 0 radical (unpaired) electrons. The van der Waals surface area contributed by atoms with Gasteiger partial charge in [0.1, 0.15) is 11.6 Å². The van der Waals surface area contributed by atoms with E-state index in [0.29, 0.717) is 24.5 Å². The maximum Gasteiger partial charge on any atom is 0.251 e. The van der Waals surface area contributed by atoms with Crippen LogP contribution in [0.25, 0.3) is 11.4 Å². The zero-order valence-corrected chi connectivity index (χ0v) is 14.7. The van der Waals surface area contributed by atoms with Crippen molar-refractivity contribution in [2.75, 3.05) is 11.9 Å². The normalized spacial score (nSPS) is 12.1. The van der Waals surface area contributed by atoms with E-state index in [2.05, 4.69) is 20.3 Å². The van der Waals surface area contributed by atoms with Crippen molar-refractivity contribution in [2.24, 2.45) is 0 Å². The van der Waals surface area contributed by atoms with Crippen LogP contribution in [0.5, 0.6) is 0 Å². The summed E-state index contributed by atoms with van der Waals surface area (Å²) in [6, 6.07) is 9.28. The Kier molecular flexibility index (Phi) is 5.57. The Bertz CT molecular complexity index is 860. The Morgan fingerprint density at radius 2 is 2.24 bits per heavy atom. The summed E-state index contributed by atoms with van der Waals surface area (Å²) >= 11 is 1.64. The molecule has 0 aliphatic rings. The van der Waals surface area contributed by atoms with Gasteiger partial charge in [0.25, 0.3) is 5.56 Å². The lowest BCUT2D eigenvalue weighted by Crippen LogP contribution is -2.12. The van der Waals surface area contributed by atoms with Gasteiger partial charge in [-0.1, -0.05) is 13.0 Å². The van der Waals surface area contributed by atoms with Crippen LogP contribution in [0.3, 0.4) is 0 Å². The number of thiophene rings is 1. The molecule has 3 aromatic heterocycles. The van der Waals surface area contributed by atoms with Crippen LogP contribution in [0.1, 0.15) is 30.0 Å². The van der Waals surface area contributed by atoms with E-state index in [0.717, 1.165) is 16.1 Å². The molecule has 1 unspecified atom stereocenters. The number of aryl methyl sites for hydroxylation is 1. The zero-order chi connectivity index (χ0) is 17.6. The highest BCUT2D eigenvalue weighted by atomic mass is 32.1. The first kappa shape index (κ1) is 17.3. The Morgan fingerprint density at radius 3 is 2.88 bits per heavy atom. The van der Waals surface area contributed by atoms with Gasteiger partial charge in [-0.25, -0.2) is 9.97 Å². The number of nitrogens with zero attached hydrogens (tertiary/aromatic N) is 2. The fourth-order valence-electron chi connectivity index (χ4n) is 2.53. The van der Waals surface area contributed by atoms with Crippen molar-refractivity contribution in [3.05, 3.63) is 62.8 Å². The smallest absolute Gasteiger partial charge is 0.251 e. The molecular weight excluding hydrogens is 336 g/mol. The fraction of sp³-hybridized carbons (Fsp3) is 0.278. The number of aromatic amines is 1. The Hall–Kier alpha value is -2.51. The third-order valence-electron chi connectivity index (χ3n) is 3.82. The van der Waals surface area contributed by atoms with E-state index < -0.39 is 0 Å². The molecule has 0 bridgehead atoms. The summed E-state index contributed by atoms with van der Waals surface area (Å²) in [5.41, 5.74) is 1.35. The SMILES string of the molecule is CCc1cc(=O)[nH]c(-c2ccc(NC(CCO)c3cccs3)nc2)n1. The number of hydrogen-bond acceptors (Lipinski definition) is 6. The van der Waals surface area contributed by atoms with Crippen LogP contribution in [0.2, 0.25) is 0 Å². The average Bonchev–Trinajstić information content (AvgIpc) is 3.16. The van der Waals surface area contributed by atoms with E-state index in [1.807, 2.05) is 36.6 Å². The number of aliphatic hydroxyl groups excluding tert-OH is 1. The summed E-state index contributed by atoms with van der Waals surface area (Å²) in [5, 5.41) is 14.6. The van der Waals surface area contributed by atoms with Crippen LogP contribution in [0.4, 0.5) is 5.82 Å². The Labute approximate surface area is 149 Å². The summed E-state index contributed by atoms with van der Waals surface area (Å²) in [7, 11) is 0. The van der Waals surface area contributed by atoms with Crippen LogP contribution in [0.15, 0.2) is 46.7 Å². The van der Waals surface area contributed by atoms with Gasteiger partial charge in [-0.15, -0.1) is 11.3 Å². The van der Waals surface area contributed by atoms with Crippen molar-refractivity contribution in [1.29, 1.82) is 0 Å². The topological polar surface area (TPSA) is 90.9 Å². The zero-order valence-electron chi connectivity index (χ0n) is 13.9. The van der Waals surface area contributed by atoms with Crippen molar-refractivity contribution >= 4 is 17.2 Å². The van der Waals surface area contributed by atoms with Gasteiger partial charge in [-0.05, 0) is 36.4 Å². The quantitative estimate of drug-likeness (QED) is 0.605. The number of aliphatic hydroxyl groups is 1. The van der Waals surface area contributed by atoms with Crippen molar-refractivity contribution < 1.29 is 5.11 Å². The van der Waals surface area contributed by atoms with E-state index >= 15 is 0 Å². The molecule has 0 amide bonds. The van der Waals surface area contributed by atoms with Gasteiger partial charge >= 0.3 is 0 Å². The second-order valence-electron chi connectivity index (χ2n) is 5.60. The molecule has 0 aliphatic heterocycles. The third kappa shape index (κ3) is 4.32. The van der Waals surface area contributed by atoms with Gasteiger partial charge in [-0.3, -0.25) is 4.79 Å². The Morgan fingerprint density at radius 1 is 1.36 bits per heavy atom. The average molecular weight is 356 g/mol. The molecule has 3 aromatic rings. The highest BCUT2D eigenvalue weighted by molar-refractivity contribution is 7.10. The summed E-state index contributed by atoms with van der Waals surface area (Å²) in [4.78, 5) is 24.5. The Balaban J connectivity index is 1.80. The maximum atomic E-state index is 11.7. The molecule has 130 valence electrons. The number of aromatic nitrogens is 3. The van der Waals surface area contributed by atoms with E-state index in [1.165, 1.54) is 6.07 Å². The molecule has 25 heavy (non-hydrogen) atoms. The molecule has 0 aliphatic carbocycles. The van der Waals surface area contributed by atoms with Gasteiger partial charge in [0, 0.05) is 35.0 Å². The van der Waals surface area contributed by atoms with E-state index in [1.54, 1.807) is 17.5 Å². The number of pyridine rings is 1. The summed E-state index contributed by atoms with van der Waals surface area (Å²) in [5.74, 6) is 1.23. The van der Waals surface area contributed by atoms with Gasteiger partial charge in [0.2, 0.25) is 0 Å². The predicted molar refractivity (Wildman–Crippen MR) is 99.9 cm³/mol. The van der Waals surface area contributed by atoms with Crippen molar-refractivity contribution in [3.63, 3.8) is 0 Å². The molecule has 7 heteroatoms. The first-order valence-corrected chi connectivity index (χ1v) is 9.05. The summed E-state index contributed by atoms with van der Waals surface area (Å²) in [6.45, 7) is 2.06. The molecule has 0 aromatic carbocycles. The molecule has 1 atom stereocenters. The van der Waals surface area contributed by atoms with Gasteiger partial charge in [0.05, 0.1) is 6.04 Å². The first-order chi connectivity index (χ1) is 12.2. The van der Waals surface area contributed by atoms with Crippen molar-refractivity contribution in [3.8, 4) is 11.4 Å². The highest BCUT2D eigenvalue weighted by Gasteiger charge is 2.13. The van der Waals surface area contributed by atoms with E-state index in [4.69, 9.17) is 0 Å². The molecule has 0 saturated heterocycles. The molecule has 0 fully saturated rings. The minimum Gasteiger partial charge on any atom is -0.396 e. The molecule has 0 spiro atoms. The van der Waals surface area contributed by atoms with Crippen LogP contribution in [-0.4, -0.2) is 26.7 Å². The first-order valence-electron chi connectivity index (χ1n) is 8.17. The standard InChI is InChI=1S/C18H20N4O2S/c1-2-13-10-17(24)22-18(20-13)12-5-6-16(19-11-12)21-14(7-8-23)15-4-3-9-25-15/h3-6,9-11,14,23H,2,7-8H2,1H3,(H,19,21)(H,20,22,24). The van der Waals surface area contributed by atoms with Crippen LogP contribution >= 0.6 is 11.3 Å². The number of anilines is 1. The number of nitrogens with one attached hydrogen (secondary N) is 2. The summed E-state index contributed by atoms with van der Waals surface area (Å²) < 4.78 is 0. The molecule has 3 N–H and O–H groups in total. The van der Waals surface area contributed by atoms with E-state index in [-0.39, 0.29) is 18.2 Å². The number of rotatable bonds is 7. The monoisotopic (exact) mass is 356 g/mol. The molecule has 6 nitrogen and oxygen atoms in total. The summed E-state index contributed by atoms with van der Waals surface area (Å²) in [6.07, 6.45) is 3.00. The van der Waals surface area contributed by atoms with Crippen molar-refractivity contribution in [2.45, 2.75) is 25.8 Å². The van der Waals surface area contributed by atoms with Crippen molar-refractivity contribution in [1.82, 2.24) is 15.0 Å².